The van der Waals surface area contributed by atoms with E-state index in [0.29, 0.717) is 0 Å². The summed E-state index contributed by atoms with van der Waals surface area (Å²) in [6.45, 7) is 6.05. The lowest BCUT2D eigenvalue weighted by atomic mass is 10.2. The van der Waals surface area contributed by atoms with Gasteiger partial charge in [0.25, 0.3) is 0 Å². The lowest BCUT2D eigenvalue weighted by molar-refractivity contribution is 0.143. The van der Waals surface area contributed by atoms with Gasteiger partial charge in [-0.25, -0.2) is 9.78 Å². The molecule has 0 spiro atoms. The molecule has 0 radical (unpaired) electrons. The minimum Gasteiger partial charge on any atom is -0.322 e. The number of benzene rings is 2. The summed E-state index contributed by atoms with van der Waals surface area (Å²) in [5.41, 5.74) is 4.18. The Bertz CT molecular complexity index is 932. The van der Waals surface area contributed by atoms with Crippen molar-refractivity contribution in [3.8, 4) is 11.3 Å². The average molecular weight is 393 g/mol. The summed E-state index contributed by atoms with van der Waals surface area (Å²) in [5.74, 6) is 0. The van der Waals surface area contributed by atoms with Crippen molar-refractivity contribution in [2.24, 2.45) is 0 Å². The fraction of sp³-hybridized carbons (Fsp3) is 0.273. The highest BCUT2D eigenvalue weighted by Crippen LogP contribution is 2.22. The first-order valence-electron chi connectivity index (χ1n) is 9.52. The third-order valence-electron chi connectivity index (χ3n) is 4.91. The van der Waals surface area contributed by atoms with Gasteiger partial charge in [0.05, 0.1) is 12.2 Å². The van der Waals surface area contributed by atoms with E-state index >= 15 is 0 Å². The largest absolute Gasteiger partial charge is 0.322 e. The van der Waals surface area contributed by atoms with Crippen molar-refractivity contribution in [3.63, 3.8) is 0 Å². The smallest absolute Gasteiger partial charge is 0.321 e. The summed E-state index contributed by atoms with van der Waals surface area (Å²) in [6, 6.07) is 18.1. The molecule has 1 aromatic heterocycles. The number of hydrogen-bond acceptors (Lipinski definition) is 4. The molecule has 0 aliphatic carbocycles. The summed E-state index contributed by atoms with van der Waals surface area (Å²) in [5, 5.41) is 6.24. The van der Waals surface area contributed by atoms with Gasteiger partial charge in [0.2, 0.25) is 0 Å². The first-order valence-corrected chi connectivity index (χ1v) is 10.4. The number of nitrogens with zero attached hydrogens (tertiary/aromatic N) is 3. The SMILES string of the molecule is Cc1cccc(NC(=O)N2CCN(Cc3nc(-c4ccccc4)cs3)CC2)c1. The number of thiazole rings is 1. The zero-order valence-electron chi connectivity index (χ0n) is 16.0. The Morgan fingerprint density at radius 3 is 2.61 bits per heavy atom. The molecule has 6 heteroatoms. The van der Waals surface area contributed by atoms with Crippen LogP contribution in [-0.4, -0.2) is 47.0 Å². The van der Waals surface area contributed by atoms with Crippen LogP contribution in [0.3, 0.4) is 0 Å². The predicted molar refractivity (Wildman–Crippen MR) is 115 cm³/mol. The third kappa shape index (κ3) is 4.58. The van der Waals surface area contributed by atoms with Crippen LogP contribution in [-0.2, 0) is 6.54 Å². The van der Waals surface area contributed by atoms with Gasteiger partial charge in [-0.15, -0.1) is 11.3 Å². The Labute approximate surface area is 169 Å². The average Bonchev–Trinajstić information content (AvgIpc) is 3.18. The number of nitrogens with one attached hydrogen (secondary N) is 1. The standard InChI is InChI=1S/C22H24N4OS/c1-17-6-5-9-19(14-17)23-22(27)26-12-10-25(11-13-26)15-21-24-20(16-28-21)18-7-3-2-4-8-18/h2-9,14,16H,10-13,15H2,1H3,(H,23,27). The molecular formula is C22H24N4OS. The van der Waals surface area contributed by atoms with Gasteiger partial charge in [-0.2, -0.15) is 0 Å². The van der Waals surface area contributed by atoms with Crippen LogP contribution >= 0.6 is 11.3 Å². The fourth-order valence-corrected chi connectivity index (χ4v) is 4.20. The Balaban J connectivity index is 1.28. The molecule has 0 unspecified atom stereocenters. The van der Waals surface area contributed by atoms with Crippen molar-refractivity contribution in [2.45, 2.75) is 13.5 Å². The van der Waals surface area contributed by atoms with E-state index in [9.17, 15) is 4.79 Å². The van der Waals surface area contributed by atoms with Gasteiger partial charge in [0.15, 0.2) is 0 Å². The molecule has 4 rings (SSSR count). The second kappa shape index (κ2) is 8.54. The molecule has 2 aromatic carbocycles. The van der Waals surface area contributed by atoms with Crippen LogP contribution in [0.25, 0.3) is 11.3 Å². The van der Waals surface area contributed by atoms with E-state index in [1.165, 1.54) is 0 Å². The molecule has 28 heavy (non-hydrogen) atoms. The molecule has 1 saturated heterocycles. The zero-order valence-corrected chi connectivity index (χ0v) is 16.8. The minimum absolute atomic E-state index is 0.0223. The second-order valence-electron chi connectivity index (χ2n) is 7.06. The summed E-state index contributed by atoms with van der Waals surface area (Å²) in [4.78, 5) is 21.5. The van der Waals surface area contributed by atoms with E-state index in [-0.39, 0.29) is 6.03 Å². The van der Waals surface area contributed by atoms with Gasteiger partial charge in [-0.3, -0.25) is 4.90 Å². The van der Waals surface area contributed by atoms with Crippen LogP contribution in [0, 0.1) is 6.92 Å². The quantitative estimate of drug-likeness (QED) is 0.713. The Morgan fingerprint density at radius 1 is 1.07 bits per heavy atom. The maximum Gasteiger partial charge on any atom is 0.321 e. The van der Waals surface area contributed by atoms with Gasteiger partial charge in [-0.05, 0) is 24.6 Å². The van der Waals surface area contributed by atoms with Crippen molar-refractivity contribution in [1.29, 1.82) is 0 Å². The highest BCUT2D eigenvalue weighted by atomic mass is 32.1. The van der Waals surface area contributed by atoms with Crippen molar-refractivity contribution < 1.29 is 4.79 Å². The maximum atomic E-state index is 12.5. The number of urea groups is 1. The zero-order chi connectivity index (χ0) is 19.3. The van der Waals surface area contributed by atoms with Crippen molar-refractivity contribution in [3.05, 3.63) is 70.5 Å². The van der Waals surface area contributed by atoms with Crippen molar-refractivity contribution >= 4 is 23.1 Å². The molecule has 1 N–H and O–H groups in total. The van der Waals surface area contributed by atoms with Crippen LogP contribution < -0.4 is 5.32 Å². The van der Waals surface area contributed by atoms with Crippen molar-refractivity contribution in [1.82, 2.24) is 14.8 Å². The summed E-state index contributed by atoms with van der Waals surface area (Å²) in [6.07, 6.45) is 0. The molecule has 1 aliphatic rings. The molecule has 3 aromatic rings. The van der Waals surface area contributed by atoms with Crippen LogP contribution in [0.5, 0.6) is 0 Å². The van der Waals surface area contributed by atoms with Crippen molar-refractivity contribution in [2.75, 3.05) is 31.5 Å². The van der Waals surface area contributed by atoms with Gasteiger partial charge >= 0.3 is 6.03 Å². The second-order valence-corrected chi connectivity index (χ2v) is 8.00. The number of carbonyl (C=O) groups excluding carboxylic acids is 1. The predicted octanol–water partition coefficient (Wildman–Crippen LogP) is 4.47. The van der Waals surface area contributed by atoms with E-state index in [1.807, 2.05) is 54.3 Å². The van der Waals surface area contributed by atoms with Gasteiger partial charge in [0, 0.05) is 42.8 Å². The van der Waals surface area contributed by atoms with E-state index in [2.05, 4.69) is 27.7 Å². The Hall–Kier alpha value is -2.70. The molecule has 144 valence electrons. The summed E-state index contributed by atoms with van der Waals surface area (Å²) < 4.78 is 0. The van der Waals surface area contributed by atoms with Crippen LogP contribution in [0.1, 0.15) is 10.6 Å². The first-order chi connectivity index (χ1) is 13.7. The monoisotopic (exact) mass is 392 g/mol. The first kappa shape index (κ1) is 18.7. The number of rotatable bonds is 4. The molecule has 1 aliphatic heterocycles. The third-order valence-corrected chi connectivity index (χ3v) is 5.74. The molecule has 2 heterocycles. The highest BCUT2D eigenvalue weighted by Gasteiger charge is 2.22. The van der Waals surface area contributed by atoms with Gasteiger partial charge in [0.1, 0.15) is 5.01 Å². The molecule has 0 bridgehead atoms. The normalized spacial score (nSPS) is 14.8. The molecule has 5 nitrogen and oxygen atoms in total. The van der Waals surface area contributed by atoms with Crippen LogP contribution in [0.4, 0.5) is 10.5 Å². The molecular weight excluding hydrogens is 368 g/mol. The number of aromatic nitrogens is 1. The van der Waals surface area contributed by atoms with Crippen LogP contribution in [0.2, 0.25) is 0 Å². The maximum absolute atomic E-state index is 12.5. The number of piperazine rings is 1. The number of anilines is 1. The summed E-state index contributed by atoms with van der Waals surface area (Å²) >= 11 is 1.70. The number of hydrogen-bond donors (Lipinski definition) is 1. The van der Waals surface area contributed by atoms with Gasteiger partial charge < -0.3 is 10.2 Å². The fourth-order valence-electron chi connectivity index (χ4n) is 3.35. The topological polar surface area (TPSA) is 48.5 Å². The molecule has 1 fully saturated rings. The van der Waals surface area contributed by atoms with E-state index < -0.39 is 0 Å². The molecule has 0 atom stereocenters. The van der Waals surface area contributed by atoms with E-state index in [1.54, 1.807) is 11.3 Å². The van der Waals surface area contributed by atoms with Crippen LogP contribution in [0.15, 0.2) is 60.0 Å². The summed E-state index contributed by atoms with van der Waals surface area (Å²) in [7, 11) is 0. The number of amides is 2. The number of carbonyl (C=O) groups is 1. The Morgan fingerprint density at radius 2 is 1.86 bits per heavy atom. The van der Waals surface area contributed by atoms with Gasteiger partial charge in [-0.1, -0.05) is 42.5 Å². The molecule has 2 amide bonds. The lowest BCUT2D eigenvalue weighted by Crippen LogP contribution is -2.49. The highest BCUT2D eigenvalue weighted by molar-refractivity contribution is 7.09. The van der Waals surface area contributed by atoms with E-state index in [4.69, 9.17) is 4.98 Å². The number of aryl methyl sites for hydroxylation is 1. The minimum atomic E-state index is -0.0223. The lowest BCUT2D eigenvalue weighted by Gasteiger charge is -2.34. The Kier molecular flexibility index (Phi) is 5.69. The molecule has 0 saturated carbocycles. The van der Waals surface area contributed by atoms with E-state index in [0.717, 1.165) is 60.2 Å².